The van der Waals surface area contributed by atoms with E-state index in [-0.39, 0.29) is 0 Å². The lowest BCUT2D eigenvalue weighted by Gasteiger charge is -2.13. The van der Waals surface area contributed by atoms with Gasteiger partial charge in [0.15, 0.2) is 5.90 Å². The molecule has 0 atom stereocenters. The van der Waals surface area contributed by atoms with Crippen molar-refractivity contribution < 1.29 is 4.74 Å². The van der Waals surface area contributed by atoms with Crippen molar-refractivity contribution in [3.8, 4) is 0 Å². The normalized spacial score (nSPS) is 14.5. The van der Waals surface area contributed by atoms with Crippen molar-refractivity contribution in [2.24, 2.45) is 10.9 Å². The summed E-state index contributed by atoms with van der Waals surface area (Å²) in [6.45, 7) is 10.4. The maximum absolute atomic E-state index is 5.64. The highest BCUT2D eigenvalue weighted by atomic mass is 16.5. The second-order valence-electron chi connectivity index (χ2n) is 3.51. The van der Waals surface area contributed by atoms with Crippen molar-refractivity contribution in [3.05, 3.63) is 11.3 Å². The Kier molecular flexibility index (Phi) is 5.44. The molecule has 0 aliphatic rings. The highest BCUT2D eigenvalue weighted by molar-refractivity contribution is 5.78. The van der Waals surface area contributed by atoms with E-state index in [0.29, 0.717) is 5.92 Å². The fourth-order valence-electron chi connectivity index (χ4n) is 0.915. The first-order valence-electron chi connectivity index (χ1n) is 4.83. The maximum Gasteiger partial charge on any atom is 0.191 e. The summed E-state index contributed by atoms with van der Waals surface area (Å²) < 4.78 is 5.64. The topological polar surface area (TPSA) is 21.6 Å². The monoisotopic (exact) mass is 183 g/mol. The summed E-state index contributed by atoms with van der Waals surface area (Å²) in [6, 6.07) is 0. The van der Waals surface area contributed by atoms with Crippen LogP contribution in [0.5, 0.6) is 0 Å². The summed E-state index contributed by atoms with van der Waals surface area (Å²) in [5, 5.41) is 0. The van der Waals surface area contributed by atoms with E-state index in [1.165, 1.54) is 5.57 Å². The summed E-state index contributed by atoms with van der Waals surface area (Å²) in [5.74, 6) is 2.15. The van der Waals surface area contributed by atoms with Crippen LogP contribution in [0.25, 0.3) is 0 Å². The lowest BCUT2D eigenvalue weighted by Crippen LogP contribution is -2.11. The molecule has 0 N–H and O–H groups in total. The van der Waals surface area contributed by atoms with Crippen LogP contribution in [-0.4, -0.2) is 12.9 Å². The van der Waals surface area contributed by atoms with Gasteiger partial charge in [0.2, 0.25) is 0 Å². The summed E-state index contributed by atoms with van der Waals surface area (Å²) >= 11 is 0. The molecule has 2 heteroatoms. The summed E-state index contributed by atoms with van der Waals surface area (Å²) in [7, 11) is 1.77. The predicted molar refractivity (Wildman–Crippen MR) is 57.9 cm³/mol. The molecule has 0 unspecified atom stereocenters. The van der Waals surface area contributed by atoms with Gasteiger partial charge in [-0.1, -0.05) is 20.8 Å². The van der Waals surface area contributed by atoms with Gasteiger partial charge in [0.1, 0.15) is 5.76 Å². The SMILES string of the molecule is CC/C(C)=C(/C)O/C(=N\C)C(C)C. The highest BCUT2D eigenvalue weighted by Crippen LogP contribution is 2.11. The molecule has 0 aliphatic carbocycles. The third-order valence-electron chi connectivity index (χ3n) is 2.10. The first kappa shape index (κ1) is 12.2. The molecular weight excluding hydrogens is 162 g/mol. The number of rotatable bonds is 3. The van der Waals surface area contributed by atoms with E-state index in [1.54, 1.807) is 7.05 Å². The molecule has 2 nitrogen and oxygen atoms in total. The van der Waals surface area contributed by atoms with E-state index in [9.17, 15) is 0 Å². The lowest BCUT2D eigenvalue weighted by atomic mass is 10.2. The smallest absolute Gasteiger partial charge is 0.191 e. The molecule has 0 aromatic heterocycles. The molecule has 0 bridgehead atoms. The van der Waals surface area contributed by atoms with Gasteiger partial charge in [-0.2, -0.15) is 0 Å². The van der Waals surface area contributed by atoms with E-state index in [1.807, 2.05) is 6.92 Å². The molecule has 0 saturated carbocycles. The zero-order valence-electron chi connectivity index (χ0n) is 9.64. The van der Waals surface area contributed by atoms with E-state index < -0.39 is 0 Å². The Hall–Kier alpha value is -0.790. The standard InChI is InChI=1S/C11H21NO/c1-7-9(4)10(5)13-11(12-6)8(2)3/h8H,7H2,1-6H3/b10-9-,12-11-. The molecule has 0 aromatic rings. The largest absolute Gasteiger partial charge is 0.448 e. The van der Waals surface area contributed by atoms with E-state index >= 15 is 0 Å². The van der Waals surface area contributed by atoms with E-state index in [4.69, 9.17) is 4.74 Å². The number of allylic oxidation sites excluding steroid dienone is 2. The summed E-state index contributed by atoms with van der Waals surface area (Å²) in [4.78, 5) is 4.10. The number of aliphatic imine (C=N–C) groups is 1. The Bertz CT molecular complexity index is 214. The molecule has 0 heterocycles. The Balaban J connectivity index is 4.43. The second kappa shape index (κ2) is 5.79. The average molecular weight is 183 g/mol. The average Bonchev–Trinajstić information content (AvgIpc) is 2.11. The van der Waals surface area contributed by atoms with Crippen molar-refractivity contribution in [1.29, 1.82) is 0 Å². The molecule has 0 aromatic carbocycles. The molecule has 0 saturated heterocycles. The van der Waals surface area contributed by atoms with Crippen LogP contribution in [0, 0.1) is 5.92 Å². The molecule has 0 amide bonds. The fourth-order valence-corrected chi connectivity index (χ4v) is 0.915. The van der Waals surface area contributed by atoms with Crippen LogP contribution in [0.1, 0.15) is 41.0 Å². The van der Waals surface area contributed by atoms with Crippen molar-refractivity contribution >= 4 is 5.90 Å². The van der Waals surface area contributed by atoms with Gasteiger partial charge >= 0.3 is 0 Å². The minimum atomic E-state index is 0.351. The lowest BCUT2D eigenvalue weighted by molar-refractivity contribution is 0.380. The number of hydrogen-bond acceptors (Lipinski definition) is 2. The van der Waals surface area contributed by atoms with Gasteiger partial charge in [-0.3, -0.25) is 4.99 Å². The number of hydrogen-bond donors (Lipinski definition) is 0. The Morgan fingerprint density at radius 2 is 1.85 bits per heavy atom. The Morgan fingerprint density at radius 1 is 1.31 bits per heavy atom. The molecule has 0 fully saturated rings. The van der Waals surface area contributed by atoms with Crippen molar-refractivity contribution in [2.75, 3.05) is 7.05 Å². The van der Waals surface area contributed by atoms with Crippen molar-refractivity contribution in [1.82, 2.24) is 0 Å². The van der Waals surface area contributed by atoms with Crippen LogP contribution in [0.2, 0.25) is 0 Å². The second-order valence-corrected chi connectivity index (χ2v) is 3.51. The first-order chi connectivity index (χ1) is 6.02. The minimum absolute atomic E-state index is 0.351. The predicted octanol–water partition coefficient (Wildman–Crippen LogP) is 3.39. The van der Waals surface area contributed by atoms with Crippen LogP contribution >= 0.6 is 0 Å². The van der Waals surface area contributed by atoms with Crippen LogP contribution in [0.3, 0.4) is 0 Å². The van der Waals surface area contributed by atoms with Crippen LogP contribution < -0.4 is 0 Å². The number of nitrogens with zero attached hydrogens (tertiary/aromatic N) is 1. The van der Waals surface area contributed by atoms with Gasteiger partial charge in [0.25, 0.3) is 0 Å². The zero-order chi connectivity index (χ0) is 10.4. The molecule has 0 radical (unpaired) electrons. The van der Waals surface area contributed by atoms with Gasteiger partial charge in [0, 0.05) is 13.0 Å². The minimum Gasteiger partial charge on any atom is -0.448 e. The van der Waals surface area contributed by atoms with Gasteiger partial charge in [-0.15, -0.1) is 0 Å². The molecule has 0 rings (SSSR count). The van der Waals surface area contributed by atoms with Gasteiger partial charge < -0.3 is 4.74 Å². The van der Waals surface area contributed by atoms with Gasteiger partial charge in [-0.25, -0.2) is 0 Å². The van der Waals surface area contributed by atoms with Crippen LogP contribution in [-0.2, 0) is 4.74 Å². The first-order valence-corrected chi connectivity index (χ1v) is 4.83. The van der Waals surface area contributed by atoms with Crippen molar-refractivity contribution in [2.45, 2.75) is 41.0 Å². The summed E-state index contributed by atoms with van der Waals surface area (Å²) in [6.07, 6.45) is 1.03. The zero-order valence-corrected chi connectivity index (χ0v) is 9.64. The van der Waals surface area contributed by atoms with E-state index in [2.05, 4.69) is 32.7 Å². The number of ether oxygens (including phenoxy) is 1. The quantitative estimate of drug-likeness (QED) is 0.373. The molecule has 13 heavy (non-hydrogen) atoms. The van der Waals surface area contributed by atoms with Gasteiger partial charge in [-0.05, 0) is 25.8 Å². The fraction of sp³-hybridized carbons (Fsp3) is 0.727. The van der Waals surface area contributed by atoms with Crippen molar-refractivity contribution in [3.63, 3.8) is 0 Å². The summed E-state index contributed by atoms with van der Waals surface area (Å²) in [5.41, 5.74) is 1.28. The Labute approximate surface area is 81.7 Å². The van der Waals surface area contributed by atoms with Crippen LogP contribution in [0.15, 0.2) is 16.3 Å². The van der Waals surface area contributed by atoms with Gasteiger partial charge in [0.05, 0.1) is 0 Å². The van der Waals surface area contributed by atoms with E-state index in [0.717, 1.165) is 18.1 Å². The molecule has 0 aliphatic heterocycles. The Morgan fingerprint density at radius 3 is 2.15 bits per heavy atom. The van der Waals surface area contributed by atoms with Crippen LogP contribution in [0.4, 0.5) is 0 Å². The molecule has 76 valence electrons. The molecular formula is C11H21NO. The third-order valence-corrected chi connectivity index (χ3v) is 2.10. The highest BCUT2D eigenvalue weighted by Gasteiger charge is 2.07. The maximum atomic E-state index is 5.64. The third kappa shape index (κ3) is 4.11. The molecule has 0 spiro atoms.